The summed E-state index contributed by atoms with van der Waals surface area (Å²) in [7, 11) is 0. The third kappa shape index (κ3) is 10.2. The number of thiazole rings is 1. The number of β-lactam (4-membered cyclic amide) rings is 1. The van der Waals surface area contributed by atoms with Crippen LogP contribution in [0.4, 0.5) is 9.93 Å². The minimum absolute atomic E-state index is 0.0547. The SMILES string of the molecule is CCCC(CCC)OC(=O)OC(C)OC(=O)C1=C(/C=C\c2cccnc2)CS[C@H]2[C@H](NC(=O)C(=NOC(c3ccccc3)(c3ccccc3)c3ccccc3)c3csc(N)n3)C(=O)N12. The molecule has 3 atom stereocenters. The second kappa shape index (κ2) is 21.1. The van der Waals surface area contributed by atoms with Crippen molar-refractivity contribution in [3.05, 3.63) is 166 Å². The summed E-state index contributed by atoms with van der Waals surface area (Å²) >= 11 is 2.46. The number of allylic oxidation sites excluding steroid dienone is 1. The molecule has 1 unspecified atom stereocenters. The third-order valence-corrected chi connectivity index (χ3v) is 12.4. The lowest BCUT2D eigenvalue weighted by molar-refractivity contribution is -0.169. The van der Waals surface area contributed by atoms with E-state index in [1.807, 2.05) is 111 Å². The van der Waals surface area contributed by atoms with E-state index in [4.69, 9.17) is 24.8 Å². The highest BCUT2D eigenvalue weighted by atomic mass is 32.2. The Morgan fingerprint density at radius 2 is 1.52 bits per heavy atom. The number of thioether (sulfide) groups is 1. The van der Waals surface area contributed by atoms with Crippen molar-refractivity contribution in [3.63, 3.8) is 0 Å². The lowest BCUT2D eigenvalue weighted by Gasteiger charge is -2.49. The molecule has 0 saturated carbocycles. The average molecular weight is 901 g/mol. The summed E-state index contributed by atoms with van der Waals surface area (Å²) in [6.07, 6.45) is 7.09. The Morgan fingerprint density at radius 3 is 2.06 bits per heavy atom. The average Bonchev–Trinajstić information content (AvgIpc) is 3.75. The van der Waals surface area contributed by atoms with E-state index < -0.39 is 47.2 Å². The third-order valence-electron chi connectivity index (χ3n) is 10.5. The van der Waals surface area contributed by atoms with E-state index in [1.54, 1.807) is 36.0 Å². The second-order valence-corrected chi connectivity index (χ2v) is 16.9. The Kier molecular flexibility index (Phi) is 14.9. The summed E-state index contributed by atoms with van der Waals surface area (Å²) in [5.74, 6) is -1.98. The zero-order chi connectivity index (χ0) is 45.1. The topological polar surface area (TPSA) is 185 Å². The van der Waals surface area contributed by atoms with Gasteiger partial charge in [-0.3, -0.25) is 19.5 Å². The molecule has 0 aliphatic carbocycles. The predicted octanol–water partition coefficient (Wildman–Crippen LogP) is 8.21. The first-order valence-electron chi connectivity index (χ1n) is 20.9. The lowest BCUT2D eigenvalue weighted by Crippen LogP contribution is -2.71. The van der Waals surface area contributed by atoms with Crippen molar-refractivity contribution in [2.75, 3.05) is 11.5 Å². The van der Waals surface area contributed by atoms with E-state index in [0.29, 0.717) is 18.4 Å². The molecule has 16 heteroatoms. The number of nitrogen functional groups attached to an aromatic ring is 1. The van der Waals surface area contributed by atoms with Crippen molar-refractivity contribution < 1.29 is 38.2 Å². The standard InChI is InChI=1S/C48H48N6O8S2/c1-4-16-37(17-5-2)61-47(58)60-31(3)59-45(57)41-33(26-25-32-18-15-27-50-28-32)29-63-44-40(43(56)54(41)44)52-42(55)39(38-30-64-46(49)51-38)53-62-48(34-19-9-6-10-20-34,35-21-11-7-12-22-35)36-23-13-8-14-24-36/h6-15,18-28,30-31,37,40,44H,4-5,16-17,29H2,1-3H3,(H2,49,51)(H,52,55)/b26-25-,53-39?/t31?,40-,44+/m1/s1. The molecule has 64 heavy (non-hydrogen) atoms. The number of ether oxygens (including phenoxy) is 3. The Hall–Kier alpha value is -6.78. The molecule has 1 fully saturated rings. The quantitative estimate of drug-likeness (QED) is 0.0215. The lowest BCUT2D eigenvalue weighted by atomic mass is 9.80. The van der Waals surface area contributed by atoms with Crippen LogP contribution in [0.2, 0.25) is 0 Å². The van der Waals surface area contributed by atoms with Gasteiger partial charge >= 0.3 is 12.1 Å². The van der Waals surface area contributed by atoms with Crippen LogP contribution in [0.1, 0.15) is 74.4 Å². The van der Waals surface area contributed by atoms with Gasteiger partial charge in [0, 0.05) is 47.1 Å². The predicted molar refractivity (Wildman–Crippen MR) is 245 cm³/mol. The van der Waals surface area contributed by atoms with Crippen molar-refractivity contribution in [3.8, 4) is 0 Å². The van der Waals surface area contributed by atoms with Crippen LogP contribution in [-0.4, -0.2) is 74.1 Å². The molecule has 7 rings (SSSR count). The Morgan fingerprint density at radius 1 is 0.891 bits per heavy atom. The van der Waals surface area contributed by atoms with Gasteiger partial charge in [-0.15, -0.1) is 23.1 Å². The number of nitrogens with zero attached hydrogens (tertiary/aromatic N) is 4. The van der Waals surface area contributed by atoms with E-state index in [9.17, 15) is 19.2 Å². The van der Waals surface area contributed by atoms with Gasteiger partial charge < -0.3 is 30.1 Å². The number of nitrogens with one attached hydrogen (secondary N) is 1. The minimum atomic E-state index is -1.35. The number of carbonyl (C=O) groups excluding carboxylic acids is 4. The van der Waals surface area contributed by atoms with Crippen LogP contribution in [0.5, 0.6) is 0 Å². The fourth-order valence-electron chi connectivity index (χ4n) is 7.47. The number of hydrogen-bond donors (Lipinski definition) is 2. The number of amides is 2. The maximum atomic E-state index is 14.5. The number of hydrogen-bond acceptors (Lipinski definition) is 14. The second-order valence-electron chi connectivity index (χ2n) is 14.9. The zero-order valence-electron chi connectivity index (χ0n) is 35.5. The highest BCUT2D eigenvalue weighted by Crippen LogP contribution is 2.43. The van der Waals surface area contributed by atoms with E-state index in [2.05, 4.69) is 20.4 Å². The van der Waals surface area contributed by atoms with Crippen molar-refractivity contribution >= 4 is 64.0 Å². The maximum Gasteiger partial charge on any atom is 0.511 e. The van der Waals surface area contributed by atoms with Crippen LogP contribution in [0.25, 0.3) is 6.08 Å². The summed E-state index contributed by atoms with van der Waals surface area (Å²) in [6.45, 7) is 5.38. The van der Waals surface area contributed by atoms with Gasteiger partial charge in [0.1, 0.15) is 28.9 Å². The monoisotopic (exact) mass is 900 g/mol. The van der Waals surface area contributed by atoms with Crippen molar-refractivity contribution in [2.45, 2.75) is 75.9 Å². The summed E-state index contributed by atoms with van der Waals surface area (Å²) < 4.78 is 16.4. The van der Waals surface area contributed by atoms with Crippen LogP contribution in [-0.2, 0) is 39.0 Å². The Balaban J connectivity index is 1.17. The number of nitrogens with two attached hydrogens (primary N) is 1. The molecule has 4 heterocycles. The largest absolute Gasteiger partial charge is 0.511 e. The fourth-order valence-corrected chi connectivity index (χ4v) is 9.34. The van der Waals surface area contributed by atoms with E-state index >= 15 is 0 Å². The molecule has 2 aliphatic heterocycles. The molecular weight excluding hydrogens is 853 g/mol. The van der Waals surface area contributed by atoms with E-state index in [0.717, 1.165) is 46.4 Å². The Labute approximate surface area is 379 Å². The summed E-state index contributed by atoms with van der Waals surface area (Å²) in [5, 5.41) is 8.46. The van der Waals surface area contributed by atoms with E-state index in [-0.39, 0.29) is 34.1 Å². The highest BCUT2D eigenvalue weighted by molar-refractivity contribution is 8.00. The first-order chi connectivity index (χ1) is 31.1. The number of oxime groups is 1. The van der Waals surface area contributed by atoms with Gasteiger partial charge in [-0.25, -0.2) is 14.6 Å². The van der Waals surface area contributed by atoms with Crippen LogP contribution in [0.15, 0.2) is 143 Å². The van der Waals surface area contributed by atoms with Gasteiger partial charge in [-0.2, -0.15) is 0 Å². The molecule has 0 spiro atoms. The van der Waals surface area contributed by atoms with Gasteiger partial charge in [0.15, 0.2) is 10.8 Å². The van der Waals surface area contributed by atoms with Crippen LogP contribution < -0.4 is 11.1 Å². The van der Waals surface area contributed by atoms with Gasteiger partial charge in [0.25, 0.3) is 11.8 Å². The first kappa shape index (κ1) is 45.3. The van der Waals surface area contributed by atoms with Crippen LogP contribution >= 0.6 is 23.1 Å². The molecule has 3 N–H and O–H groups in total. The molecule has 2 amide bonds. The van der Waals surface area contributed by atoms with Crippen molar-refractivity contribution in [1.82, 2.24) is 20.2 Å². The molecular formula is C48H48N6O8S2. The number of pyridine rings is 1. The molecule has 2 aliphatic rings. The smallest absolute Gasteiger partial charge is 0.431 e. The maximum absolute atomic E-state index is 14.5. The number of rotatable bonds is 18. The number of carbonyl (C=O) groups is 4. The fraction of sp³-hybridized carbons (Fsp3) is 0.271. The minimum Gasteiger partial charge on any atom is -0.431 e. The Bertz CT molecular complexity index is 2400. The molecule has 2 aromatic heterocycles. The first-order valence-corrected chi connectivity index (χ1v) is 22.8. The summed E-state index contributed by atoms with van der Waals surface area (Å²) in [6, 6.07) is 31.1. The van der Waals surface area contributed by atoms with Crippen LogP contribution in [0.3, 0.4) is 0 Å². The highest BCUT2D eigenvalue weighted by Gasteiger charge is 2.55. The van der Waals surface area contributed by atoms with E-state index in [1.165, 1.54) is 23.6 Å². The molecule has 3 aromatic carbocycles. The molecule has 330 valence electrons. The number of esters is 1. The number of aromatic nitrogens is 2. The molecule has 0 radical (unpaired) electrons. The number of fused-ring (bicyclic) bond motifs is 1. The van der Waals surface area contributed by atoms with Gasteiger partial charge in [0.05, 0.1) is 0 Å². The molecule has 5 aromatic rings. The van der Waals surface area contributed by atoms with Gasteiger partial charge in [-0.1, -0.05) is 141 Å². The molecule has 1 saturated heterocycles. The normalized spacial score (nSPS) is 16.8. The number of benzene rings is 3. The summed E-state index contributed by atoms with van der Waals surface area (Å²) in [4.78, 5) is 71.9. The van der Waals surface area contributed by atoms with Crippen molar-refractivity contribution in [1.29, 1.82) is 0 Å². The van der Waals surface area contributed by atoms with Gasteiger partial charge in [-0.05, 0) is 30.0 Å². The van der Waals surface area contributed by atoms with Gasteiger partial charge in [0.2, 0.25) is 11.9 Å². The molecule has 14 nitrogen and oxygen atoms in total. The van der Waals surface area contributed by atoms with Crippen LogP contribution in [0, 0.1) is 0 Å². The zero-order valence-corrected chi connectivity index (χ0v) is 37.1. The molecule has 0 bridgehead atoms. The van der Waals surface area contributed by atoms with Crippen molar-refractivity contribution in [2.24, 2.45) is 5.16 Å². The number of anilines is 1. The summed E-state index contributed by atoms with van der Waals surface area (Å²) in [5.41, 5.74) is 8.06.